The predicted octanol–water partition coefficient (Wildman–Crippen LogP) is 3.52. The van der Waals surface area contributed by atoms with Gasteiger partial charge in [0.05, 0.1) is 41.4 Å². The number of ether oxygens (including phenoxy) is 1. The molecule has 2 aromatic rings. The first-order chi connectivity index (χ1) is 14.6. The second-order valence-corrected chi connectivity index (χ2v) is 9.83. The second kappa shape index (κ2) is 9.46. The molecule has 1 aliphatic rings. The van der Waals surface area contributed by atoms with E-state index in [0.29, 0.717) is 0 Å². The molecule has 7 nitrogen and oxygen atoms in total. The number of ketones is 1. The maximum Gasteiger partial charge on any atom is 0.410 e. The maximum atomic E-state index is 13.0. The molecular weight excluding hydrogens is 416 g/mol. The molecule has 1 saturated heterocycles. The Morgan fingerprint density at radius 1 is 1.29 bits per heavy atom. The summed E-state index contributed by atoms with van der Waals surface area (Å²) >= 11 is 1.57. The van der Waals surface area contributed by atoms with Crippen LogP contribution < -0.4 is 0 Å². The van der Waals surface area contributed by atoms with Crippen molar-refractivity contribution in [3.63, 3.8) is 0 Å². The van der Waals surface area contributed by atoms with Gasteiger partial charge in [0.15, 0.2) is 5.78 Å². The van der Waals surface area contributed by atoms with Gasteiger partial charge >= 0.3 is 6.09 Å². The molecule has 1 aromatic carbocycles. The summed E-state index contributed by atoms with van der Waals surface area (Å²) in [6.45, 7) is 7.11. The maximum absolute atomic E-state index is 13.0. The Hall–Kier alpha value is -2.29. The zero-order chi connectivity index (χ0) is 22.8. The number of aryl methyl sites for hydroxylation is 1. The molecule has 0 aliphatic carbocycles. The van der Waals surface area contributed by atoms with Gasteiger partial charge in [-0.25, -0.2) is 9.78 Å². The number of amides is 1. The van der Waals surface area contributed by atoms with Crippen LogP contribution in [0.5, 0.6) is 0 Å². The quantitative estimate of drug-likeness (QED) is 0.704. The Kier molecular flexibility index (Phi) is 7.13. The number of carbonyl (C=O) groups is 2. The normalized spacial score (nSPS) is 20.0. The molecule has 31 heavy (non-hydrogen) atoms. The van der Waals surface area contributed by atoms with Crippen molar-refractivity contribution in [3.05, 3.63) is 41.0 Å². The van der Waals surface area contributed by atoms with Crippen LogP contribution in [-0.2, 0) is 9.53 Å². The van der Waals surface area contributed by atoms with Crippen LogP contribution in [-0.4, -0.2) is 62.9 Å². The summed E-state index contributed by atoms with van der Waals surface area (Å²) in [5.41, 5.74) is 3.98. The van der Waals surface area contributed by atoms with E-state index in [9.17, 15) is 19.8 Å². The van der Waals surface area contributed by atoms with Crippen LogP contribution in [0.3, 0.4) is 0 Å². The van der Waals surface area contributed by atoms with Crippen LogP contribution in [0.4, 0.5) is 4.79 Å². The highest BCUT2D eigenvalue weighted by molar-refractivity contribution is 7.13. The number of hydrogen-bond donors (Lipinski definition) is 2. The van der Waals surface area contributed by atoms with Gasteiger partial charge in [0, 0.05) is 18.8 Å². The van der Waals surface area contributed by atoms with Crippen LogP contribution >= 0.6 is 11.3 Å². The van der Waals surface area contributed by atoms with E-state index < -0.39 is 23.8 Å². The first-order valence-electron chi connectivity index (χ1n) is 10.4. The molecule has 1 aromatic heterocycles. The van der Waals surface area contributed by atoms with Crippen LogP contribution in [0.1, 0.15) is 50.8 Å². The van der Waals surface area contributed by atoms with E-state index in [1.54, 1.807) is 37.6 Å². The molecule has 168 valence electrons. The Bertz CT molecular complexity index is 919. The number of likely N-dealkylation sites (tertiary alicyclic amines) is 1. The number of carbonyl (C=O) groups excluding carboxylic acids is 2. The van der Waals surface area contributed by atoms with Gasteiger partial charge in [-0.2, -0.15) is 0 Å². The Morgan fingerprint density at radius 3 is 2.52 bits per heavy atom. The molecule has 3 rings (SSSR count). The van der Waals surface area contributed by atoms with Gasteiger partial charge < -0.3 is 14.9 Å². The van der Waals surface area contributed by atoms with Crippen molar-refractivity contribution in [3.8, 4) is 10.4 Å². The van der Waals surface area contributed by atoms with Gasteiger partial charge in [-0.05, 0) is 38.8 Å². The minimum Gasteiger partial charge on any atom is -0.444 e. The fourth-order valence-corrected chi connectivity index (χ4v) is 4.61. The summed E-state index contributed by atoms with van der Waals surface area (Å²) in [5, 5.41) is 20.0. The molecular formula is C23H30N2O5S. The van der Waals surface area contributed by atoms with Crippen molar-refractivity contribution >= 4 is 23.2 Å². The largest absolute Gasteiger partial charge is 0.444 e. The van der Waals surface area contributed by atoms with E-state index in [0.717, 1.165) is 21.7 Å². The third-order valence-corrected chi connectivity index (χ3v) is 6.31. The predicted molar refractivity (Wildman–Crippen MR) is 119 cm³/mol. The summed E-state index contributed by atoms with van der Waals surface area (Å²) < 4.78 is 5.39. The molecule has 0 bridgehead atoms. The zero-order valence-electron chi connectivity index (χ0n) is 18.4. The number of aromatic nitrogens is 1. The lowest BCUT2D eigenvalue weighted by Gasteiger charge is -2.28. The fraction of sp³-hybridized carbons (Fsp3) is 0.522. The number of β-amino-alcohol motifs (C(OH)–C–C–N with tert-alkyl or cyclic N) is 1. The van der Waals surface area contributed by atoms with Gasteiger partial charge in [-0.3, -0.25) is 9.69 Å². The number of benzene rings is 1. The number of nitrogens with zero attached hydrogens (tertiary/aromatic N) is 2. The third-order valence-electron chi connectivity index (χ3n) is 5.34. The lowest BCUT2D eigenvalue weighted by atomic mass is 9.91. The van der Waals surface area contributed by atoms with Crippen molar-refractivity contribution < 1.29 is 24.5 Å². The summed E-state index contributed by atoms with van der Waals surface area (Å²) in [4.78, 5) is 32.2. The van der Waals surface area contributed by atoms with E-state index in [-0.39, 0.29) is 37.7 Å². The molecule has 1 aliphatic heterocycles. The first-order valence-corrected chi connectivity index (χ1v) is 11.3. The third kappa shape index (κ3) is 5.70. The smallest absolute Gasteiger partial charge is 0.410 e. The van der Waals surface area contributed by atoms with Crippen LogP contribution in [0, 0.1) is 6.92 Å². The van der Waals surface area contributed by atoms with Crippen molar-refractivity contribution in [1.29, 1.82) is 0 Å². The van der Waals surface area contributed by atoms with E-state index in [1.165, 1.54) is 4.90 Å². The Morgan fingerprint density at radius 2 is 1.97 bits per heavy atom. The highest BCUT2D eigenvalue weighted by atomic mass is 32.1. The first kappa shape index (κ1) is 23.4. The number of thiazole rings is 1. The summed E-state index contributed by atoms with van der Waals surface area (Å²) in [6, 6.07) is 7.01. The molecule has 3 atom stereocenters. The molecule has 1 fully saturated rings. The molecule has 1 amide bonds. The zero-order valence-corrected chi connectivity index (χ0v) is 19.2. The van der Waals surface area contributed by atoms with Gasteiger partial charge in [0.1, 0.15) is 5.60 Å². The van der Waals surface area contributed by atoms with Crippen LogP contribution in [0.25, 0.3) is 10.4 Å². The van der Waals surface area contributed by atoms with Crippen molar-refractivity contribution in [2.45, 2.75) is 64.2 Å². The average molecular weight is 447 g/mol. The van der Waals surface area contributed by atoms with Crippen LogP contribution in [0.15, 0.2) is 29.8 Å². The van der Waals surface area contributed by atoms with E-state index in [1.807, 2.05) is 31.2 Å². The molecule has 2 N–H and O–H groups in total. The standard InChI is InChI=1S/C23H30N2O5S/c1-14-21(31-13-24-14)16-7-5-15(6-8-16)17(12-26)9-20(28)19-10-18(27)11-25(19)22(29)30-23(2,3)4/h5-8,13,17-19,26-27H,9-12H2,1-4H3/t17-,18+,19-/m0/s1. The van der Waals surface area contributed by atoms with E-state index >= 15 is 0 Å². The lowest BCUT2D eigenvalue weighted by Crippen LogP contribution is -2.44. The number of hydrogen-bond acceptors (Lipinski definition) is 7. The van der Waals surface area contributed by atoms with Gasteiger partial charge in [0.2, 0.25) is 0 Å². The molecule has 0 radical (unpaired) electrons. The second-order valence-electron chi connectivity index (χ2n) is 8.98. The lowest BCUT2D eigenvalue weighted by molar-refractivity contribution is -0.124. The highest BCUT2D eigenvalue weighted by Crippen LogP contribution is 2.31. The fourth-order valence-electron chi connectivity index (χ4n) is 3.79. The SMILES string of the molecule is Cc1ncsc1-c1ccc([C@H](CO)CC(=O)[C@@H]2C[C@@H](O)CN2C(=O)OC(C)(C)C)cc1. The number of aliphatic hydroxyl groups is 2. The van der Waals surface area contributed by atoms with Crippen molar-refractivity contribution in [2.75, 3.05) is 13.2 Å². The number of rotatable bonds is 6. The molecule has 8 heteroatoms. The van der Waals surface area contributed by atoms with Gasteiger partial charge in [0.25, 0.3) is 0 Å². The molecule has 0 spiro atoms. The Labute approximate surface area is 186 Å². The highest BCUT2D eigenvalue weighted by Gasteiger charge is 2.41. The molecule has 0 unspecified atom stereocenters. The summed E-state index contributed by atoms with van der Waals surface area (Å²) in [7, 11) is 0. The molecule has 2 heterocycles. The monoisotopic (exact) mass is 446 g/mol. The topological polar surface area (TPSA) is 100.0 Å². The summed E-state index contributed by atoms with van der Waals surface area (Å²) in [6.07, 6.45) is -1.12. The summed E-state index contributed by atoms with van der Waals surface area (Å²) in [5.74, 6) is -0.578. The average Bonchev–Trinajstić information content (AvgIpc) is 3.30. The van der Waals surface area contributed by atoms with Crippen molar-refractivity contribution in [2.24, 2.45) is 0 Å². The van der Waals surface area contributed by atoms with Crippen molar-refractivity contribution in [1.82, 2.24) is 9.88 Å². The minimum atomic E-state index is -0.768. The number of Topliss-reactive ketones (excluding diaryl/α,β-unsaturated/α-hetero) is 1. The van der Waals surface area contributed by atoms with Gasteiger partial charge in [-0.15, -0.1) is 11.3 Å². The number of aliphatic hydroxyl groups excluding tert-OH is 2. The Balaban J connectivity index is 1.71. The van der Waals surface area contributed by atoms with E-state index in [4.69, 9.17) is 4.74 Å². The minimum absolute atomic E-state index is 0.0675. The van der Waals surface area contributed by atoms with Crippen LogP contribution in [0.2, 0.25) is 0 Å². The van der Waals surface area contributed by atoms with Gasteiger partial charge in [-0.1, -0.05) is 24.3 Å². The molecule has 0 saturated carbocycles. The van der Waals surface area contributed by atoms with E-state index in [2.05, 4.69) is 4.98 Å².